The largest absolute Gasteiger partial charge is 0.271 e. The molecule has 5 heteroatoms. The molecule has 2 aromatic carbocycles. The van der Waals surface area contributed by atoms with Gasteiger partial charge in [-0.15, -0.1) is 11.3 Å². The Hall–Kier alpha value is -3.02. The summed E-state index contributed by atoms with van der Waals surface area (Å²) in [4.78, 5) is 20.6. The van der Waals surface area contributed by atoms with Gasteiger partial charge in [-0.1, -0.05) is 71.5 Å². The topological polar surface area (TPSA) is 34.4 Å². The van der Waals surface area contributed by atoms with E-state index >= 15 is 0 Å². The van der Waals surface area contributed by atoms with Crippen LogP contribution in [-0.4, -0.2) is 4.57 Å². The van der Waals surface area contributed by atoms with E-state index in [1.165, 1.54) is 38.5 Å². The first kappa shape index (κ1) is 18.7. The molecule has 152 valence electrons. The van der Waals surface area contributed by atoms with E-state index in [9.17, 15) is 4.79 Å². The number of rotatable bonds is 2. The zero-order valence-corrected chi connectivity index (χ0v) is 18.7. The van der Waals surface area contributed by atoms with Gasteiger partial charge in [0.15, 0.2) is 4.80 Å². The number of aromatic nitrogens is 1. The Labute approximate surface area is 188 Å². The zero-order chi connectivity index (χ0) is 20.9. The Morgan fingerprint density at radius 2 is 1.87 bits per heavy atom. The van der Waals surface area contributed by atoms with E-state index in [2.05, 4.69) is 73.0 Å². The highest BCUT2D eigenvalue weighted by molar-refractivity contribution is 7.10. The van der Waals surface area contributed by atoms with Crippen LogP contribution in [0.15, 0.2) is 81.4 Å². The molecule has 4 aromatic rings. The minimum Gasteiger partial charge on any atom is -0.271 e. The van der Waals surface area contributed by atoms with Gasteiger partial charge in [0.2, 0.25) is 0 Å². The monoisotopic (exact) mass is 440 g/mol. The van der Waals surface area contributed by atoms with Crippen molar-refractivity contribution in [1.82, 2.24) is 4.57 Å². The van der Waals surface area contributed by atoms with Gasteiger partial charge in [-0.05, 0) is 54.0 Å². The predicted octanol–water partition coefficient (Wildman–Crippen LogP) is 4.69. The van der Waals surface area contributed by atoms with Crippen LogP contribution in [0, 0.1) is 6.92 Å². The number of benzene rings is 2. The summed E-state index contributed by atoms with van der Waals surface area (Å²) >= 11 is 3.20. The van der Waals surface area contributed by atoms with Crippen LogP contribution in [-0.2, 0) is 6.42 Å². The Kier molecular flexibility index (Phi) is 4.40. The Morgan fingerprint density at radius 3 is 2.68 bits per heavy atom. The molecule has 3 heterocycles. The second kappa shape index (κ2) is 7.29. The summed E-state index contributed by atoms with van der Waals surface area (Å²) in [5, 5.41) is 2.09. The highest BCUT2D eigenvalue weighted by Crippen LogP contribution is 2.42. The number of nitrogens with zero attached hydrogens (tertiary/aromatic N) is 2. The molecule has 0 N–H and O–H groups in total. The van der Waals surface area contributed by atoms with Gasteiger partial charge in [0.1, 0.15) is 0 Å². The van der Waals surface area contributed by atoms with Gasteiger partial charge in [0, 0.05) is 10.4 Å². The summed E-state index contributed by atoms with van der Waals surface area (Å²) in [7, 11) is 0. The molecule has 31 heavy (non-hydrogen) atoms. The number of hydrogen-bond acceptors (Lipinski definition) is 4. The maximum Gasteiger partial charge on any atom is 0.271 e. The third kappa shape index (κ3) is 3.08. The molecule has 0 bridgehead atoms. The third-order valence-corrected chi connectivity index (χ3v) is 7.97. The van der Waals surface area contributed by atoms with E-state index in [0.29, 0.717) is 0 Å². The molecule has 1 atom stereocenters. The Bertz CT molecular complexity index is 1500. The molecule has 1 aliphatic heterocycles. The number of thiazole rings is 1. The van der Waals surface area contributed by atoms with Gasteiger partial charge in [0.25, 0.3) is 5.56 Å². The van der Waals surface area contributed by atoms with Crippen LogP contribution in [0.4, 0.5) is 0 Å². The first-order valence-electron chi connectivity index (χ1n) is 10.4. The van der Waals surface area contributed by atoms with Crippen LogP contribution in [0.1, 0.15) is 39.6 Å². The lowest BCUT2D eigenvalue weighted by Crippen LogP contribution is -2.38. The molecule has 0 amide bonds. The molecule has 3 nitrogen and oxygen atoms in total. The standard InChI is InChI=1S/C26H20N2OS2/c1-16-8-10-17(11-9-16)15-22-25(29)28-24(21-7-4-14-30-21)20-13-12-18-5-2-3-6-19(18)23(20)27-26(28)31-22/h2-11,14-15,24H,12-13H2,1H3/b22-15+/t24-/m0/s1. The Morgan fingerprint density at radius 1 is 1.03 bits per heavy atom. The van der Waals surface area contributed by atoms with Crippen molar-refractivity contribution >= 4 is 34.4 Å². The number of fused-ring (bicyclic) bond motifs is 3. The number of hydrogen-bond donors (Lipinski definition) is 0. The van der Waals surface area contributed by atoms with Crippen LogP contribution in [0.5, 0.6) is 0 Å². The normalized spacial score (nSPS) is 17.7. The average Bonchev–Trinajstić information content (AvgIpc) is 3.43. The first-order valence-corrected chi connectivity index (χ1v) is 12.1. The van der Waals surface area contributed by atoms with Crippen molar-refractivity contribution in [2.75, 3.05) is 0 Å². The van der Waals surface area contributed by atoms with E-state index in [0.717, 1.165) is 33.4 Å². The van der Waals surface area contributed by atoms with Crippen molar-refractivity contribution in [2.45, 2.75) is 25.8 Å². The fraction of sp³-hybridized carbons (Fsp3) is 0.154. The van der Waals surface area contributed by atoms with Crippen LogP contribution in [0.25, 0.3) is 11.8 Å². The van der Waals surface area contributed by atoms with Gasteiger partial charge in [-0.25, -0.2) is 4.99 Å². The summed E-state index contributed by atoms with van der Waals surface area (Å²) < 4.78 is 2.65. The Balaban J connectivity index is 1.62. The van der Waals surface area contributed by atoms with E-state index in [1.807, 2.05) is 10.6 Å². The summed E-state index contributed by atoms with van der Waals surface area (Å²) in [6, 6.07) is 21.0. The first-order chi connectivity index (χ1) is 15.2. The van der Waals surface area contributed by atoms with Crippen molar-refractivity contribution < 1.29 is 0 Å². The van der Waals surface area contributed by atoms with Crippen molar-refractivity contribution in [3.63, 3.8) is 0 Å². The van der Waals surface area contributed by atoms with Gasteiger partial charge < -0.3 is 0 Å². The van der Waals surface area contributed by atoms with Crippen molar-refractivity contribution in [3.8, 4) is 0 Å². The van der Waals surface area contributed by atoms with Crippen molar-refractivity contribution in [1.29, 1.82) is 0 Å². The molecule has 0 saturated carbocycles. The van der Waals surface area contributed by atoms with E-state index < -0.39 is 0 Å². The maximum atomic E-state index is 13.6. The SMILES string of the molecule is Cc1ccc(/C=c2/sc3n(c2=O)[C@H](c2cccs2)C2=C(N=3)c3ccccc3CC2)cc1. The summed E-state index contributed by atoms with van der Waals surface area (Å²) in [6.45, 7) is 2.07. The lowest BCUT2D eigenvalue weighted by atomic mass is 9.85. The molecule has 0 saturated heterocycles. The highest BCUT2D eigenvalue weighted by Gasteiger charge is 2.32. The predicted molar refractivity (Wildman–Crippen MR) is 128 cm³/mol. The van der Waals surface area contributed by atoms with Gasteiger partial charge in [-0.3, -0.25) is 9.36 Å². The fourth-order valence-electron chi connectivity index (χ4n) is 4.53. The number of thiophene rings is 1. The highest BCUT2D eigenvalue weighted by atomic mass is 32.1. The number of aryl methyl sites for hydroxylation is 2. The van der Waals surface area contributed by atoms with E-state index in [-0.39, 0.29) is 11.6 Å². The quantitative estimate of drug-likeness (QED) is 0.445. The summed E-state index contributed by atoms with van der Waals surface area (Å²) in [6.07, 6.45) is 3.91. The van der Waals surface area contributed by atoms with Crippen molar-refractivity contribution in [2.24, 2.45) is 4.99 Å². The molecule has 0 radical (unpaired) electrons. The molecule has 2 aliphatic rings. The summed E-state index contributed by atoms with van der Waals surface area (Å²) in [5.74, 6) is 0. The molecular weight excluding hydrogens is 420 g/mol. The van der Waals surface area contributed by atoms with Gasteiger partial charge >= 0.3 is 0 Å². The van der Waals surface area contributed by atoms with E-state index in [1.54, 1.807) is 11.3 Å². The molecule has 0 spiro atoms. The lowest BCUT2D eigenvalue weighted by Gasteiger charge is -2.30. The number of allylic oxidation sites excluding steroid dienone is 1. The summed E-state index contributed by atoms with van der Waals surface area (Å²) in [5.41, 5.74) is 7.17. The smallest absolute Gasteiger partial charge is 0.271 e. The molecule has 1 aliphatic carbocycles. The van der Waals surface area contributed by atoms with Gasteiger partial charge in [-0.2, -0.15) is 0 Å². The fourth-order valence-corrected chi connectivity index (χ4v) is 6.38. The molecule has 6 rings (SSSR count). The molecule has 0 fully saturated rings. The lowest BCUT2D eigenvalue weighted by molar-refractivity contribution is 0.593. The van der Waals surface area contributed by atoms with Crippen LogP contribution in [0.2, 0.25) is 0 Å². The molecular formula is C26H20N2OS2. The minimum absolute atomic E-state index is 0.0492. The van der Waals surface area contributed by atoms with Crippen molar-refractivity contribution in [3.05, 3.63) is 118 Å². The minimum atomic E-state index is -0.0697. The van der Waals surface area contributed by atoms with Crippen LogP contribution < -0.4 is 14.9 Å². The van der Waals surface area contributed by atoms with Crippen LogP contribution >= 0.6 is 22.7 Å². The maximum absolute atomic E-state index is 13.6. The second-order valence-corrected chi connectivity index (χ2v) is 10.0. The van der Waals surface area contributed by atoms with Gasteiger partial charge in [0.05, 0.1) is 16.3 Å². The molecule has 2 aromatic heterocycles. The molecule has 0 unspecified atom stereocenters. The third-order valence-electron chi connectivity index (χ3n) is 6.06. The zero-order valence-electron chi connectivity index (χ0n) is 17.0. The average molecular weight is 441 g/mol. The second-order valence-electron chi connectivity index (χ2n) is 8.04. The van der Waals surface area contributed by atoms with Crippen LogP contribution in [0.3, 0.4) is 0 Å². The van der Waals surface area contributed by atoms with E-state index in [4.69, 9.17) is 4.99 Å².